The van der Waals surface area contributed by atoms with Gasteiger partial charge in [0.05, 0.1) is 0 Å². The zero-order valence-electron chi connectivity index (χ0n) is 11.9. The lowest BCUT2D eigenvalue weighted by Crippen LogP contribution is -2.17. The van der Waals surface area contributed by atoms with Crippen molar-refractivity contribution in [3.63, 3.8) is 0 Å². The zero-order chi connectivity index (χ0) is 15.4. The molecule has 2 aromatic rings. The third-order valence-corrected chi connectivity index (χ3v) is 2.82. The van der Waals surface area contributed by atoms with Crippen LogP contribution in [0.2, 0.25) is 0 Å². The predicted molar refractivity (Wildman–Crippen MR) is 80.5 cm³/mol. The second-order valence-corrected chi connectivity index (χ2v) is 4.67. The fourth-order valence-corrected chi connectivity index (χ4v) is 1.75. The van der Waals surface area contributed by atoms with Crippen LogP contribution in [-0.4, -0.2) is 45.8 Å². The van der Waals surface area contributed by atoms with E-state index in [1.807, 2.05) is 14.1 Å². The topological polar surface area (TPSA) is 120 Å². The van der Waals surface area contributed by atoms with Crippen LogP contribution in [0.3, 0.4) is 0 Å². The number of anilines is 3. The number of aromatic hydroxyl groups is 2. The number of rotatable bonds is 5. The van der Waals surface area contributed by atoms with Crippen molar-refractivity contribution in [1.29, 1.82) is 0 Å². The molecule has 1 aromatic carbocycles. The van der Waals surface area contributed by atoms with E-state index < -0.39 is 0 Å². The van der Waals surface area contributed by atoms with Crippen molar-refractivity contribution >= 4 is 17.8 Å². The van der Waals surface area contributed by atoms with Crippen LogP contribution in [-0.2, 0) is 6.42 Å². The molecule has 0 unspecified atom stereocenters. The van der Waals surface area contributed by atoms with E-state index in [1.165, 1.54) is 6.07 Å². The molecular formula is C13H18N6O2. The maximum absolute atomic E-state index is 9.71. The first-order valence-electron chi connectivity index (χ1n) is 6.40. The average molecular weight is 290 g/mol. The normalized spacial score (nSPS) is 10.4. The highest BCUT2D eigenvalue weighted by atomic mass is 16.3. The third-order valence-electron chi connectivity index (χ3n) is 2.82. The SMILES string of the molecule is CN(C)c1nc(N)nc(NCCc2cccc(O)c2O)n1. The van der Waals surface area contributed by atoms with Crippen molar-refractivity contribution in [3.05, 3.63) is 23.8 Å². The molecule has 0 spiro atoms. The second-order valence-electron chi connectivity index (χ2n) is 4.67. The molecule has 0 aliphatic rings. The van der Waals surface area contributed by atoms with Gasteiger partial charge in [-0.3, -0.25) is 0 Å². The Bertz CT molecular complexity index is 632. The van der Waals surface area contributed by atoms with Crippen LogP contribution in [0.25, 0.3) is 0 Å². The molecule has 0 amide bonds. The summed E-state index contributed by atoms with van der Waals surface area (Å²) >= 11 is 0. The highest BCUT2D eigenvalue weighted by Gasteiger charge is 2.08. The standard InChI is InChI=1S/C13H18N6O2/c1-19(2)13-17-11(14)16-12(18-13)15-7-6-8-4-3-5-9(20)10(8)21/h3-5,20-21H,6-7H2,1-2H3,(H3,14,15,16,17,18). The number of nitrogens with zero attached hydrogens (tertiary/aromatic N) is 4. The Balaban J connectivity index is 2.02. The molecule has 8 heteroatoms. The van der Waals surface area contributed by atoms with Crippen LogP contribution in [0.5, 0.6) is 11.5 Å². The number of nitrogens with two attached hydrogens (primary N) is 1. The number of hydrogen-bond acceptors (Lipinski definition) is 8. The maximum Gasteiger partial charge on any atom is 0.231 e. The molecule has 1 aromatic heterocycles. The summed E-state index contributed by atoms with van der Waals surface area (Å²) in [6.07, 6.45) is 0.503. The molecule has 21 heavy (non-hydrogen) atoms. The van der Waals surface area contributed by atoms with Gasteiger partial charge >= 0.3 is 0 Å². The van der Waals surface area contributed by atoms with Crippen molar-refractivity contribution in [2.75, 3.05) is 36.6 Å². The van der Waals surface area contributed by atoms with Crippen molar-refractivity contribution < 1.29 is 10.2 Å². The zero-order valence-corrected chi connectivity index (χ0v) is 11.9. The molecule has 0 aliphatic heterocycles. The Hall–Kier alpha value is -2.77. The summed E-state index contributed by atoms with van der Waals surface area (Å²) in [5.74, 6) is 0.725. The van der Waals surface area contributed by atoms with E-state index in [-0.39, 0.29) is 17.4 Å². The molecule has 1 heterocycles. The van der Waals surface area contributed by atoms with Crippen LogP contribution in [0.4, 0.5) is 17.8 Å². The average Bonchev–Trinajstić information content (AvgIpc) is 2.43. The second kappa shape index (κ2) is 6.12. The lowest BCUT2D eigenvalue weighted by atomic mass is 10.1. The molecular weight excluding hydrogens is 272 g/mol. The summed E-state index contributed by atoms with van der Waals surface area (Å²) in [4.78, 5) is 13.9. The van der Waals surface area contributed by atoms with Gasteiger partial charge in [-0.2, -0.15) is 15.0 Å². The van der Waals surface area contributed by atoms with Crippen LogP contribution in [0.15, 0.2) is 18.2 Å². The molecule has 112 valence electrons. The fraction of sp³-hybridized carbons (Fsp3) is 0.308. The Morgan fingerprint density at radius 1 is 1.19 bits per heavy atom. The molecule has 0 saturated heterocycles. The van der Waals surface area contributed by atoms with Gasteiger partial charge in [-0.1, -0.05) is 12.1 Å². The summed E-state index contributed by atoms with van der Waals surface area (Å²) < 4.78 is 0. The number of nitrogen functional groups attached to an aromatic ring is 1. The van der Waals surface area contributed by atoms with Gasteiger partial charge in [-0.05, 0) is 18.1 Å². The Morgan fingerprint density at radius 2 is 1.95 bits per heavy atom. The predicted octanol–water partition coefficient (Wildman–Crippen LogP) is 0.586. The van der Waals surface area contributed by atoms with E-state index in [2.05, 4.69) is 20.3 Å². The smallest absolute Gasteiger partial charge is 0.231 e. The van der Waals surface area contributed by atoms with Gasteiger partial charge in [0.2, 0.25) is 17.8 Å². The van der Waals surface area contributed by atoms with E-state index in [4.69, 9.17) is 5.73 Å². The summed E-state index contributed by atoms with van der Waals surface area (Å²) in [6, 6.07) is 4.85. The minimum absolute atomic E-state index is 0.108. The third kappa shape index (κ3) is 3.62. The molecule has 0 aliphatic carbocycles. The van der Waals surface area contributed by atoms with Gasteiger partial charge in [0.25, 0.3) is 0 Å². The number of aromatic nitrogens is 3. The van der Waals surface area contributed by atoms with Crippen LogP contribution >= 0.6 is 0 Å². The van der Waals surface area contributed by atoms with Crippen molar-refractivity contribution in [1.82, 2.24) is 15.0 Å². The highest BCUT2D eigenvalue weighted by molar-refractivity contribution is 5.45. The number of nitrogens with one attached hydrogen (secondary N) is 1. The number of benzene rings is 1. The van der Waals surface area contributed by atoms with Crippen LogP contribution in [0.1, 0.15) is 5.56 Å². The summed E-state index contributed by atoms with van der Waals surface area (Å²) in [7, 11) is 3.62. The minimum atomic E-state index is -0.133. The first-order valence-corrected chi connectivity index (χ1v) is 6.40. The summed E-state index contributed by atoms with van der Waals surface area (Å²) in [5, 5.41) is 22.1. The molecule has 0 atom stereocenters. The Kier molecular flexibility index (Phi) is 4.27. The molecule has 2 rings (SSSR count). The molecule has 8 nitrogen and oxygen atoms in total. The van der Waals surface area contributed by atoms with Crippen LogP contribution in [0, 0.1) is 0 Å². The monoisotopic (exact) mass is 290 g/mol. The molecule has 0 fully saturated rings. The van der Waals surface area contributed by atoms with Crippen molar-refractivity contribution in [2.24, 2.45) is 0 Å². The van der Waals surface area contributed by atoms with Gasteiger partial charge in [0, 0.05) is 20.6 Å². The first-order chi connectivity index (χ1) is 9.97. The van der Waals surface area contributed by atoms with Gasteiger partial charge in [0.15, 0.2) is 11.5 Å². The maximum atomic E-state index is 9.71. The lowest BCUT2D eigenvalue weighted by molar-refractivity contribution is 0.399. The van der Waals surface area contributed by atoms with Gasteiger partial charge in [0.1, 0.15) is 0 Å². The van der Waals surface area contributed by atoms with Gasteiger partial charge in [-0.15, -0.1) is 0 Å². The number of phenolic OH excluding ortho intramolecular Hbond substituents is 2. The lowest BCUT2D eigenvalue weighted by Gasteiger charge is -2.12. The molecule has 0 bridgehead atoms. The quantitative estimate of drug-likeness (QED) is 0.590. The van der Waals surface area contributed by atoms with E-state index in [0.29, 0.717) is 30.4 Å². The fourth-order valence-electron chi connectivity index (χ4n) is 1.75. The molecule has 0 radical (unpaired) electrons. The van der Waals surface area contributed by atoms with E-state index >= 15 is 0 Å². The van der Waals surface area contributed by atoms with Crippen LogP contribution < -0.4 is 16.0 Å². The highest BCUT2D eigenvalue weighted by Crippen LogP contribution is 2.28. The molecule has 0 saturated carbocycles. The first kappa shape index (κ1) is 14.6. The van der Waals surface area contributed by atoms with Gasteiger partial charge in [-0.25, -0.2) is 0 Å². The largest absolute Gasteiger partial charge is 0.504 e. The van der Waals surface area contributed by atoms with Crippen molar-refractivity contribution in [3.8, 4) is 11.5 Å². The van der Waals surface area contributed by atoms with E-state index in [9.17, 15) is 10.2 Å². The Labute approximate surface area is 122 Å². The summed E-state index contributed by atoms with van der Waals surface area (Å²) in [6.45, 7) is 0.479. The summed E-state index contributed by atoms with van der Waals surface area (Å²) in [5.41, 5.74) is 6.26. The number of phenols is 2. The minimum Gasteiger partial charge on any atom is -0.504 e. The van der Waals surface area contributed by atoms with Crippen molar-refractivity contribution in [2.45, 2.75) is 6.42 Å². The number of para-hydroxylation sites is 1. The number of hydrogen-bond donors (Lipinski definition) is 4. The van der Waals surface area contributed by atoms with E-state index in [0.717, 1.165) is 0 Å². The molecule has 5 N–H and O–H groups in total. The Morgan fingerprint density at radius 3 is 2.67 bits per heavy atom. The van der Waals surface area contributed by atoms with Gasteiger partial charge < -0.3 is 26.2 Å². The van der Waals surface area contributed by atoms with E-state index in [1.54, 1.807) is 17.0 Å².